The maximum atomic E-state index is 3.93. The summed E-state index contributed by atoms with van der Waals surface area (Å²) in [6, 6.07) is 4.45. The van der Waals surface area contributed by atoms with Gasteiger partial charge in [-0.15, -0.1) is 11.3 Å². The van der Waals surface area contributed by atoms with Crippen LogP contribution in [0.3, 0.4) is 0 Å². The summed E-state index contributed by atoms with van der Waals surface area (Å²) < 4.78 is 0. The van der Waals surface area contributed by atoms with Crippen molar-refractivity contribution >= 4 is 11.3 Å². The molecule has 0 saturated carbocycles. The van der Waals surface area contributed by atoms with Crippen LogP contribution in [0.4, 0.5) is 0 Å². The van der Waals surface area contributed by atoms with Crippen LogP contribution >= 0.6 is 11.3 Å². The first-order valence-corrected chi connectivity index (χ1v) is 6.54. The number of hydrogen-bond acceptors (Lipinski definition) is 3. The molecule has 0 radical (unpaired) electrons. The van der Waals surface area contributed by atoms with E-state index >= 15 is 0 Å². The third kappa shape index (κ3) is 4.92. The average molecular weight is 238 g/mol. The van der Waals surface area contributed by atoms with Crippen molar-refractivity contribution in [3.63, 3.8) is 0 Å². The van der Waals surface area contributed by atoms with Crippen molar-refractivity contribution < 1.29 is 0 Å². The van der Waals surface area contributed by atoms with Gasteiger partial charge in [-0.2, -0.15) is 0 Å². The molecule has 1 aromatic rings. The van der Waals surface area contributed by atoms with Gasteiger partial charge in [0.05, 0.1) is 0 Å². The number of likely N-dealkylation sites (N-methyl/N-ethyl adjacent to an activating group) is 1. The Morgan fingerprint density at radius 2 is 2.12 bits per heavy atom. The van der Waals surface area contributed by atoms with Crippen LogP contribution in [0.2, 0.25) is 0 Å². The van der Waals surface area contributed by atoms with Crippen LogP contribution in [0.15, 0.2) is 24.3 Å². The molecule has 1 heterocycles. The normalized spacial score (nSPS) is 11.0. The van der Waals surface area contributed by atoms with E-state index in [1.165, 1.54) is 15.3 Å². The molecule has 0 unspecified atom stereocenters. The minimum atomic E-state index is 0.973. The summed E-state index contributed by atoms with van der Waals surface area (Å²) in [5.41, 5.74) is 1.21. The third-order valence-electron chi connectivity index (χ3n) is 2.23. The quantitative estimate of drug-likeness (QED) is 0.735. The van der Waals surface area contributed by atoms with Gasteiger partial charge in [-0.1, -0.05) is 19.1 Å². The van der Waals surface area contributed by atoms with E-state index < -0.39 is 0 Å². The lowest BCUT2D eigenvalue weighted by Crippen LogP contribution is -2.18. The second kappa shape index (κ2) is 6.84. The van der Waals surface area contributed by atoms with Gasteiger partial charge in [0.1, 0.15) is 0 Å². The fourth-order valence-electron chi connectivity index (χ4n) is 1.63. The predicted molar refractivity (Wildman–Crippen MR) is 72.8 cm³/mol. The molecule has 0 aliphatic heterocycles. The molecule has 0 spiro atoms. The Morgan fingerprint density at radius 3 is 2.75 bits per heavy atom. The molecule has 0 aromatic carbocycles. The Balaban J connectivity index is 2.42. The molecular weight excluding hydrogens is 216 g/mol. The topological polar surface area (TPSA) is 15.3 Å². The van der Waals surface area contributed by atoms with Gasteiger partial charge >= 0.3 is 0 Å². The van der Waals surface area contributed by atoms with E-state index in [1.807, 2.05) is 11.3 Å². The highest BCUT2D eigenvalue weighted by Gasteiger charge is 2.03. The van der Waals surface area contributed by atoms with Gasteiger partial charge in [-0.25, -0.2) is 0 Å². The van der Waals surface area contributed by atoms with Crippen molar-refractivity contribution in [1.29, 1.82) is 0 Å². The summed E-state index contributed by atoms with van der Waals surface area (Å²) in [4.78, 5) is 5.14. The van der Waals surface area contributed by atoms with E-state index in [0.717, 1.165) is 26.2 Å². The number of nitrogens with zero attached hydrogens (tertiary/aromatic N) is 1. The van der Waals surface area contributed by atoms with Crippen LogP contribution in [0.1, 0.15) is 23.6 Å². The first-order chi connectivity index (χ1) is 7.61. The average Bonchev–Trinajstić information content (AvgIpc) is 2.61. The van der Waals surface area contributed by atoms with Crippen LogP contribution in [-0.4, -0.2) is 25.0 Å². The summed E-state index contributed by atoms with van der Waals surface area (Å²) >= 11 is 1.89. The highest BCUT2D eigenvalue weighted by molar-refractivity contribution is 7.11. The van der Waals surface area contributed by atoms with Gasteiger partial charge in [0.25, 0.3) is 0 Å². The summed E-state index contributed by atoms with van der Waals surface area (Å²) in [6.45, 7) is 12.2. The zero-order valence-electron chi connectivity index (χ0n) is 10.5. The number of thiophene rings is 1. The molecule has 16 heavy (non-hydrogen) atoms. The zero-order chi connectivity index (χ0) is 12.0. The van der Waals surface area contributed by atoms with Crippen molar-refractivity contribution in [3.05, 3.63) is 34.0 Å². The summed E-state index contributed by atoms with van der Waals surface area (Å²) in [6.07, 6.45) is 0. The number of nitrogens with one attached hydrogen (secondary N) is 1. The van der Waals surface area contributed by atoms with Gasteiger partial charge in [0.2, 0.25) is 0 Å². The van der Waals surface area contributed by atoms with Crippen LogP contribution < -0.4 is 5.32 Å². The zero-order valence-corrected chi connectivity index (χ0v) is 11.4. The predicted octanol–water partition coefficient (Wildman–Crippen LogP) is 2.87. The van der Waals surface area contributed by atoms with E-state index in [0.29, 0.717) is 0 Å². The Hall–Kier alpha value is -0.640. The van der Waals surface area contributed by atoms with Crippen molar-refractivity contribution in [2.24, 2.45) is 0 Å². The van der Waals surface area contributed by atoms with Crippen LogP contribution in [0.25, 0.3) is 0 Å². The van der Waals surface area contributed by atoms with Gasteiger partial charge < -0.3 is 5.32 Å². The van der Waals surface area contributed by atoms with Gasteiger partial charge in [-0.05, 0) is 32.6 Å². The highest BCUT2D eigenvalue weighted by atomic mass is 32.1. The minimum absolute atomic E-state index is 0.973. The van der Waals surface area contributed by atoms with E-state index in [4.69, 9.17) is 0 Å². The van der Waals surface area contributed by atoms with E-state index in [2.05, 4.69) is 49.8 Å². The first-order valence-electron chi connectivity index (χ1n) is 5.73. The van der Waals surface area contributed by atoms with Crippen molar-refractivity contribution in [2.75, 3.05) is 20.1 Å². The monoisotopic (exact) mass is 238 g/mol. The van der Waals surface area contributed by atoms with Gasteiger partial charge in [-0.3, -0.25) is 4.90 Å². The molecule has 0 atom stereocenters. The molecular formula is C13H22N2S. The van der Waals surface area contributed by atoms with E-state index in [-0.39, 0.29) is 0 Å². The molecule has 0 bridgehead atoms. The smallest absolute Gasteiger partial charge is 0.0328 e. The third-order valence-corrected chi connectivity index (χ3v) is 3.30. The lowest BCUT2D eigenvalue weighted by molar-refractivity contribution is 0.359. The first kappa shape index (κ1) is 13.4. The summed E-state index contributed by atoms with van der Waals surface area (Å²) in [5, 5.41) is 3.35. The Labute approximate surface area is 103 Å². The number of rotatable bonds is 7. The van der Waals surface area contributed by atoms with E-state index in [9.17, 15) is 0 Å². The lowest BCUT2D eigenvalue weighted by Gasteiger charge is -2.14. The van der Waals surface area contributed by atoms with Crippen LogP contribution in [-0.2, 0) is 13.1 Å². The fourth-order valence-corrected chi connectivity index (χ4v) is 2.70. The molecule has 0 aliphatic carbocycles. The van der Waals surface area contributed by atoms with Gasteiger partial charge in [0.15, 0.2) is 0 Å². The molecule has 0 fully saturated rings. The Morgan fingerprint density at radius 1 is 1.44 bits per heavy atom. The van der Waals surface area contributed by atoms with Crippen molar-refractivity contribution in [1.82, 2.24) is 10.2 Å². The molecule has 2 nitrogen and oxygen atoms in total. The molecule has 90 valence electrons. The fraction of sp³-hybridized carbons (Fsp3) is 0.538. The maximum Gasteiger partial charge on any atom is 0.0328 e. The lowest BCUT2D eigenvalue weighted by atomic mass is 10.3. The highest BCUT2D eigenvalue weighted by Crippen LogP contribution is 2.18. The SMILES string of the molecule is C=C(C)CN(C)Cc1ccc(CNCC)s1. The standard InChI is InChI=1S/C13H22N2S/c1-5-14-8-12-6-7-13(16-12)10-15(4)9-11(2)3/h6-7,14H,2,5,8-10H2,1,3-4H3. The molecule has 1 aromatic heterocycles. The largest absolute Gasteiger partial charge is 0.312 e. The maximum absolute atomic E-state index is 3.93. The molecule has 1 rings (SSSR count). The molecule has 0 aliphatic rings. The molecule has 0 amide bonds. The Bertz CT molecular complexity index is 330. The molecule has 0 saturated heterocycles. The van der Waals surface area contributed by atoms with Gasteiger partial charge in [0, 0.05) is 29.4 Å². The summed E-state index contributed by atoms with van der Waals surface area (Å²) in [5.74, 6) is 0. The molecule has 3 heteroatoms. The summed E-state index contributed by atoms with van der Waals surface area (Å²) in [7, 11) is 2.14. The number of hydrogen-bond donors (Lipinski definition) is 1. The van der Waals surface area contributed by atoms with Crippen LogP contribution in [0.5, 0.6) is 0 Å². The Kier molecular flexibility index (Phi) is 5.74. The van der Waals surface area contributed by atoms with Crippen molar-refractivity contribution in [3.8, 4) is 0 Å². The second-order valence-corrected chi connectivity index (χ2v) is 5.53. The minimum Gasteiger partial charge on any atom is -0.312 e. The van der Waals surface area contributed by atoms with Crippen LogP contribution in [0, 0.1) is 0 Å². The van der Waals surface area contributed by atoms with Crippen molar-refractivity contribution in [2.45, 2.75) is 26.9 Å². The second-order valence-electron chi connectivity index (χ2n) is 4.28. The van der Waals surface area contributed by atoms with E-state index in [1.54, 1.807) is 0 Å². The molecule has 1 N–H and O–H groups in total.